The Balaban J connectivity index is 1.01. The fourth-order valence-corrected chi connectivity index (χ4v) is 9.44. The number of hydrogen-bond donors (Lipinski definition) is 0. The van der Waals surface area contributed by atoms with Gasteiger partial charge in [0.1, 0.15) is 11.2 Å². The highest BCUT2D eigenvalue weighted by molar-refractivity contribution is 6.12. The number of hydrogen-bond acceptors (Lipinski definition) is 2. The van der Waals surface area contributed by atoms with Crippen LogP contribution in [0.5, 0.6) is 0 Å². The van der Waals surface area contributed by atoms with Gasteiger partial charge in [0.05, 0.1) is 22.4 Å². The molecule has 0 aliphatic carbocycles. The van der Waals surface area contributed by atoms with Crippen molar-refractivity contribution in [2.75, 3.05) is 4.90 Å². The van der Waals surface area contributed by atoms with Gasteiger partial charge in [-0.2, -0.15) is 0 Å². The average molecular weight is 779 g/mol. The largest absolute Gasteiger partial charge is 0.455 e. The van der Waals surface area contributed by atoms with Crippen molar-refractivity contribution in [2.45, 2.75) is 0 Å². The van der Waals surface area contributed by atoms with E-state index in [9.17, 15) is 0 Å². The first kappa shape index (κ1) is 34.9. The summed E-state index contributed by atoms with van der Waals surface area (Å²) in [4.78, 5) is 2.39. The van der Waals surface area contributed by atoms with Crippen molar-refractivity contribution in [3.63, 3.8) is 0 Å². The van der Waals surface area contributed by atoms with Crippen molar-refractivity contribution in [3.05, 3.63) is 231 Å². The number of rotatable bonds is 7. The van der Waals surface area contributed by atoms with Gasteiger partial charge in [0.15, 0.2) is 0 Å². The maximum absolute atomic E-state index is 6.61. The summed E-state index contributed by atoms with van der Waals surface area (Å²) in [7, 11) is 0. The van der Waals surface area contributed by atoms with Crippen LogP contribution in [0.4, 0.5) is 17.1 Å². The fourth-order valence-electron chi connectivity index (χ4n) is 9.44. The predicted octanol–water partition coefficient (Wildman–Crippen LogP) is 16.3. The van der Waals surface area contributed by atoms with Crippen molar-refractivity contribution in [1.29, 1.82) is 0 Å². The van der Waals surface area contributed by atoms with Crippen molar-refractivity contribution >= 4 is 71.6 Å². The van der Waals surface area contributed by atoms with Gasteiger partial charge >= 0.3 is 0 Å². The Hall–Kier alpha value is -8.14. The molecule has 0 amide bonds. The first-order valence-corrected chi connectivity index (χ1v) is 20.8. The van der Waals surface area contributed by atoms with Crippen molar-refractivity contribution in [2.24, 2.45) is 0 Å². The third-order valence-corrected chi connectivity index (χ3v) is 12.2. The topological polar surface area (TPSA) is 21.3 Å². The number of para-hydroxylation sites is 6. The summed E-state index contributed by atoms with van der Waals surface area (Å²) < 4.78 is 9.03. The molecular formula is C58H38N2O. The van der Waals surface area contributed by atoms with Crippen molar-refractivity contribution in [3.8, 4) is 39.1 Å². The third-order valence-electron chi connectivity index (χ3n) is 12.2. The Kier molecular flexibility index (Phi) is 8.17. The Morgan fingerprint density at radius 1 is 0.344 bits per heavy atom. The van der Waals surface area contributed by atoms with E-state index in [1.54, 1.807) is 0 Å². The van der Waals surface area contributed by atoms with Crippen LogP contribution in [0.25, 0.3) is 93.6 Å². The first-order chi connectivity index (χ1) is 30.3. The van der Waals surface area contributed by atoms with Crippen LogP contribution in [0.15, 0.2) is 235 Å². The summed E-state index contributed by atoms with van der Waals surface area (Å²) in [6, 6.07) is 82.9. The predicted molar refractivity (Wildman–Crippen MR) is 257 cm³/mol. The number of anilines is 3. The quantitative estimate of drug-likeness (QED) is 0.161. The van der Waals surface area contributed by atoms with Gasteiger partial charge in [0, 0.05) is 49.6 Å². The first-order valence-electron chi connectivity index (χ1n) is 20.8. The SMILES string of the molecule is c1ccc(-c2ccccc2-n2c3ccccc3c3ccccc32)c(-c2ccc(N(c3ccc4ccccc4c3)c3ccccc3-c3cccc4c3oc3ccccc34)cc2)c1. The molecule has 0 saturated carbocycles. The second-order valence-corrected chi connectivity index (χ2v) is 15.6. The van der Waals surface area contributed by atoms with Gasteiger partial charge in [-0.3, -0.25) is 0 Å². The number of furan rings is 1. The van der Waals surface area contributed by atoms with E-state index in [0.29, 0.717) is 0 Å². The molecule has 12 rings (SSSR count). The molecule has 0 spiro atoms. The second kappa shape index (κ2) is 14.3. The normalized spacial score (nSPS) is 11.6. The monoisotopic (exact) mass is 778 g/mol. The number of fused-ring (bicyclic) bond motifs is 7. The summed E-state index contributed by atoms with van der Waals surface area (Å²) in [5, 5.41) is 7.14. The third kappa shape index (κ3) is 5.74. The van der Waals surface area contributed by atoms with Crippen LogP contribution in [-0.2, 0) is 0 Å². The van der Waals surface area contributed by atoms with Gasteiger partial charge in [-0.1, -0.05) is 176 Å². The van der Waals surface area contributed by atoms with Crippen LogP contribution in [0.3, 0.4) is 0 Å². The molecule has 0 N–H and O–H groups in total. The van der Waals surface area contributed by atoms with Gasteiger partial charge in [0.2, 0.25) is 0 Å². The maximum Gasteiger partial charge on any atom is 0.143 e. The minimum atomic E-state index is 0.891. The summed E-state index contributed by atoms with van der Waals surface area (Å²) in [6.45, 7) is 0. The molecule has 0 fully saturated rings. The van der Waals surface area contributed by atoms with Crippen LogP contribution in [0, 0.1) is 0 Å². The molecule has 0 atom stereocenters. The van der Waals surface area contributed by atoms with Crippen molar-refractivity contribution < 1.29 is 4.42 Å². The number of benzene rings is 10. The maximum atomic E-state index is 6.61. The molecule has 0 unspecified atom stereocenters. The van der Waals surface area contributed by atoms with E-state index in [-0.39, 0.29) is 0 Å². The Morgan fingerprint density at radius 2 is 0.902 bits per heavy atom. The molecule has 3 heteroatoms. The molecule has 61 heavy (non-hydrogen) atoms. The smallest absolute Gasteiger partial charge is 0.143 e. The zero-order chi connectivity index (χ0) is 40.3. The summed E-state index contributed by atoms with van der Waals surface area (Å²) in [5.74, 6) is 0. The second-order valence-electron chi connectivity index (χ2n) is 15.6. The van der Waals surface area contributed by atoms with Crippen LogP contribution in [-0.4, -0.2) is 4.57 Å². The minimum Gasteiger partial charge on any atom is -0.455 e. The van der Waals surface area contributed by atoms with E-state index in [1.807, 2.05) is 6.07 Å². The lowest BCUT2D eigenvalue weighted by Gasteiger charge is -2.28. The Morgan fingerprint density at radius 3 is 1.69 bits per heavy atom. The number of aromatic nitrogens is 1. The van der Waals surface area contributed by atoms with Gasteiger partial charge in [-0.25, -0.2) is 0 Å². The molecule has 286 valence electrons. The van der Waals surface area contributed by atoms with Crippen LogP contribution in [0.1, 0.15) is 0 Å². The molecule has 0 aliphatic rings. The van der Waals surface area contributed by atoms with Gasteiger partial charge in [-0.15, -0.1) is 0 Å². The Labute approximate surface area is 353 Å². The van der Waals surface area contributed by atoms with Gasteiger partial charge in [-0.05, 0) is 82.1 Å². The van der Waals surface area contributed by atoms with E-state index in [2.05, 4.69) is 234 Å². The van der Waals surface area contributed by atoms with Gasteiger partial charge < -0.3 is 13.9 Å². The molecule has 0 bridgehead atoms. The van der Waals surface area contributed by atoms with Crippen LogP contribution >= 0.6 is 0 Å². The Bertz CT molecular complexity index is 3560. The van der Waals surface area contributed by atoms with E-state index in [1.165, 1.54) is 49.3 Å². The van der Waals surface area contributed by atoms with E-state index >= 15 is 0 Å². The zero-order valence-corrected chi connectivity index (χ0v) is 33.2. The lowest BCUT2D eigenvalue weighted by atomic mass is 9.93. The summed E-state index contributed by atoms with van der Waals surface area (Å²) in [6.07, 6.45) is 0. The molecule has 0 radical (unpaired) electrons. The highest BCUT2D eigenvalue weighted by atomic mass is 16.3. The minimum absolute atomic E-state index is 0.891. The van der Waals surface area contributed by atoms with Crippen LogP contribution in [0.2, 0.25) is 0 Å². The summed E-state index contributed by atoms with van der Waals surface area (Å²) >= 11 is 0. The van der Waals surface area contributed by atoms with E-state index < -0.39 is 0 Å². The lowest BCUT2D eigenvalue weighted by molar-refractivity contribution is 0.670. The fraction of sp³-hybridized carbons (Fsp3) is 0. The average Bonchev–Trinajstić information content (AvgIpc) is 3.88. The standard InChI is InChI=1S/C58H38N2O/c1-2-17-41-38-43(37-32-39(41)16-1)59(53-27-10-8-23-49(53)51-25-15-26-52-50-24-9-14-31-57(50)61-58(51)52)42-35-33-40(34-36-42)44-18-3-4-19-45(44)46-20-5-11-28-54(46)60-55-29-12-6-21-47(55)48-22-7-13-30-56(48)60/h1-38H. The molecule has 0 saturated heterocycles. The highest BCUT2D eigenvalue weighted by Gasteiger charge is 2.22. The van der Waals surface area contributed by atoms with E-state index in [0.717, 1.165) is 61.4 Å². The van der Waals surface area contributed by atoms with Gasteiger partial charge in [0.25, 0.3) is 0 Å². The molecule has 10 aromatic carbocycles. The van der Waals surface area contributed by atoms with Crippen LogP contribution < -0.4 is 4.90 Å². The molecule has 2 aromatic heterocycles. The molecular weight excluding hydrogens is 741 g/mol. The molecule has 3 nitrogen and oxygen atoms in total. The zero-order valence-electron chi connectivity index (χ0n) is 33.2. The molecule has 2 heterocycles. The van der Waals surface area contributed by atoms with E-state index in [4.69, 9.17) is 4.42 Å². The lowest BCUT2D eigenvalue weighted by Crippen LogP contribution is -2.11. The summed E-state index contributed by atoms with van der Waals surface area (Å²) in [5.41, 5.74) is 15.4. The molecule has 12 aromatic rings. The number of nitrogens with zero attached hydrogens (tertiary/aromatic N) is 2. The van der Waals surface area contributed by atoms with Crippen molar-refractivity contribution in [1.82, 2.24) is 4.57 Å². The molecule has 0 aliphatic heterocycles. The highest BCUT2D eigenvalue weighted by Crippen LogP contribution is 2.46.